The van der Waals surface area contributed by atoms with Crippen LogP contribution in [0.5, 0.6) is 0 Å². The molecule has 0 radical (unpaired) electrons. The van der Waals surface area contributed by atoms with E-state index in [1.807, 2.05) is 7.05 Å². The van der Waals surface area contributed by atoms with Crippen LogP contribution in [0, 0.1) is 6.92 Å². The summed E-state index contributed by atoms with van der Waals surface area (Å²) >= 11 is 2.07. The zero-order valence-corrected chi connectivity index (χ0v) is 13.2. The predicted molar refractivity (Wildman–Crippen MR) is 84.3 cm³/mol. The van der Waals surface area contributed by atoms with Crippen molar-refractivity contribution < 1.29 is 0 Å². The standard InChI is InChI=1S/C14H24N4S/c1-5-11-17-12(15-4)10(2)13(18-11)16-9-14(3)7-6-8-19-14/h5-9H2,1-4H3,(H2,15,16,17,18). The molecule has 2 rings (SSSR count). The van der Waals surface area contributed by atoms with Gasteiger partial charge in [0.1, 0.15) is 17.5 Å². The second-order valence-electron chi connectivity index (χ2n) is 5.32. The minimum atomic E-state index is 0.351. The molecule has 5 heteroatoms. The molecule has 0 aliphatic carbocycles. The van der Waals surface area contributed by atoms with Gasteiger partial charge in [-0.2, -0.15) is 11.8 Å². The van der Waals surface area contributed by atoms with Gasteiger partial charge in [-0.1, -0.05) is 6.92 Å². The molecule has 1 aliphatic rings. The van der Waals surface area contributed by atoms with Crippen LogP contribution in [0.4, 0.5) is 11.6 Å². The summed E-state index contributed by atoms with van der Waals surface area (Å²) in [6, 6.07) is 0. The summed E-state index contributed by atoms with van der Waals surface area (Å²) in [5.41, 5.74) is 1.10. The van der Waals surface area contributed by atoms with Crippen LogP contribution in [0.1, 0.15) is 38.1 Å². The minimum absolute atomic E-state index is 0.351. The van der Waals surface area contributed by atoms with Crippen molar-refractivity contribution in [1.29, 1.82) is 0 Å². The number of nitrogens with one attached hydrogen (secondary N) is 2. The first-order valence-electron chi connectivity index (χ1n) is 7.01. The lowest BCUT2D eigenvalue weighted by Gasteiger charge is -2.24. The third-order valence-corrected chi connectivity index (χ3v) is 5.21. The number of anilines is 2. The summed E-state index contributed by atoms with van der Waals surface area (Å²) in [6.45, 7) is 7.47. The summed E-state index contributed by atoms with van der Waals surface area (Å²) < 4.78 is 0.351. The van der Waals surface area contributed by atoms with Gasteiger partial charge in [-0.05, 0) is 32.4 Å². The maximum atomic E-state index is 4.62. The van der Waals surface area contributed by atoms with Gasteiger partial charge in [0.2, 0.25) is 0 Å². The molecule has 2 heterocycles. The molecular weight excluding hydrogens is 256 g/mol. The molecule has 0 saturated carbocycles. The Bertz CT molecular complexity index is 441. The van der Waals surface area contributed by atoms with E-state index in [2.05, 4.69) is 53.1 Å². The van der Waals surface area contributed by atoms with Crippen molar-refractivity contribution in [1.82, 2.24) is 9.97 Å². The summed E-state index contributed by atoms with van der Waals surface area (Å²) in [7, 11) is 1.91. The smallest absolute Gasteiger partial charge is 0.134 e. The highest BCUT2D eigenvalue weighted by molar-refractivity contribution is 8.00. The maximum Gasteiger partial charge on any atom is 0.134 e. The average Bonchev–Trinajstić information content (AvgIpc) is 2.85. The fourth-order valence-corrected chi connectivity index (χ4v) is 3.63. The number of rotatable bonds is 5. The van der Waals surface area contributed by atoms with Crippen molar-refractivity contribution in [3.05, 3.63) is 11.4 Å². The van der Waals surface area contributed by atoms with Gasteiger partial charge in [0, 0.05) is 30.3 Å². The third-order valence-electron chi connectivity index (χ3n) is 3.68. The highest BCUT2D eigenvalue weighted by Gasteiger charge is 2.29. The first-order valence-corrected chi connectivity index (χ1v) is 7.99. The molecule has 19 heavy (non-hydrogen) atoms. The van der Waals surface area contributed by atoms with Crippen molar-refractivity contribution in [2.75, 3.05) is 30.0 Å². The largest absolute Gasteiger partial charge is 0.373 e. The van der Waals surface area contributed by atoms with Crippen molar-refractivity contribution >= 4 is 23.4 Å². The summed E-state index contributed by atoms with van der Waals surface area (Å²) in [5, 5.41) is 6.68. The molecule has 1 aliphatic heterocycles. The highest BCUT2D eigenvalue weighted by atomic mass is 32.2. The molecule has 2 N–H and O–H groups in total. The molecule has 1 saturated heterocycles. The Labute approximate surface area is 120 Å². The van der Waals surface area contributed by atoms with Gasteiger partial charge in [0.05, 0.1) is 0 Å². The predicted octanol–water partition coefficient (Wildman–Crippen LogP) is 3.09. The lowest BCUT2D eigenvalue weighted by Crippen LogP contribution is -2.28. The Hall–Kier alpha value is -0.970. The number of aryl methyl sites for hydroxylation is 1. The van der Waals surface area contributed by atoms with Crippen molar-refractivity contribution in [3.8, 4) is 0 Å². The number of hydrogen-bond donors (Lipinski definition) is 2. The number of hydrogen-bond acceptors (Lipinski definition) is 5. The van der Waals surface area contributed by atoms with E-state index >= 15 is 0 Å². The zero-order chi connectivity index (χ0) is 13.9. The average molecular weight is 280 g/mol. The van der Waals surface area contributed by atoms with Gasteiger partial charge in [-0.3, -0.25) is 0 Å². The van der Waals surface area contributed by atoms with Gasteiger partial charge >= 0.3 is 0 Å². The topological polar surface area (TPSA) is 49.8 Å². The molecule has 0 spiro atoms. The van der Waals surface area contributed by atoms with Crippen LogP contribution in [0.2, 0.25) is 0 Å². The van der Waals surface area contributed by atoms with Gasteiger partial charge in [0.25, 0.3) is 0 Å². The quantitative estimate of drug-likeness (QED) is 0.868. The fraction of sp³-hybridized carbons (Fsp3) is 0.714. The molecule has 4 nitrogen and oxygen atoms in total. The van der Waals surface area contributed by atoms with Crippen LogP contribution in [0.25, 0.3) is 0 Å². The first-order chi connectivity index (χ1) is 9.08. The fourth-order valence-electron chi connectivity index (χ4n) is 2.38. The molecular formula is C14H24N4S. The first kappa shape index (κ1) is 14.4. The second kappa shape index (κ2) is 5.99. The number of aromatic nitrogens is 2. The lowest BCUT2D eigenvalue weighted by atomic mass is 10.1. The van der Waals surface area contributed by atoms with Crippen LogP contribution in [0.3, 0.4) is 0 Å². The van der Waals surface area contributed by atoms with E-state index in [0.717, 1.165) is 36.0 Å². The van der Waals surface area contributed by atoms with E-state index in [9.17, 15) is 0 Å². The normalized spacial score (nSPS) is 22.5. The molecule has 1 aromatic rings. The molecule has 1 fully saturated rings. The monoisotopic (exact) mass is 280 g/mol. The van der Waals surface area contributed by atoms with Crippen molar-refractivity contribution in [2.24, 2.45) is 0 Å². The summed E-state index contributed by atoms with van der Waals surface area (Å²) in [5.74, 6) is 4.08. The Morgan fingerprint density at radius 1 is 1.32 bits per heavy atom. The summed E-state index contributed by atoms with van der Waals surface area (Å²) in [4.78, 5) is 9.12. The van der Waals surface area contributed by atoms with Gasteiger partial charge < -0.3 is 10.6 Å². The lowest BCUT2D eigenvalue weighted by molar-refractivity contribution is 0.633. The van der Waals surface area contributed by atoms with Crippen LogP contribution in [-0.4, -0.2) is 34.1 Å². The minimum Gasteiger partial charge on any atom is -0.373 e. The van der Waals surface area contributed by atoms with E-state index in [1.165, 1.54) is 18.6 Å². The molecule has 1 aromatic heterocycles. The molecule has 1 atom stereocenters. The molecule has 1 unspecified atom stereocenters. The molecule has 0 amide bonds. The Morgan fingerprint density at radius 3 is 2.63 bits per heavy atom. The SMILES string of the molecule is CCc1nc(NC)c(C)c(NCC2(C)CCCS2)n1. The second-order valence-corrected chi connectivity index (χ2v) is 7.00. The Balaban J connectivity index is 2.14. The van der Waals surface area contributed by atoms with Gasteiger partial charge in [0.15, 0.2) is 0 Å². The van der Waals surface area contributed by atoms with Crippen molar-refractivity contribution in [2.45, 2.75) is 44.8 Å². The van der Waals surface area contributed by atoms with Gasteiger partial charge in [-0.25, -0.2) is 9.97 Å². The van der Waals surface area contributed by atoms with E-state index in [1.54, 1.807) is 0 Å². The summed E-state index contributed by atoms with van der Waals surface area (Å²) in [6.07, 6.45) is 3.47. The van der Waals surface area contributed by atoms with E-state index in [4.69, 9.17) is 0 Å². The van der Waals surface area contributed by atoms with Gasteiger partial charge in [-0.15, -0.1) is 0 Å². The van der Waals surface area contributed by atoms with Crippen LogP contribution in [0.15, 0.2) is 0 Å². The van der Waals surface area contributed by atoms with Crippen LogP contribution in [-0.2, 0) is 6.42 Å². The Kier molecular flexibility index (Phi) is 4.55. The highest BCUT2D eigenvalue weighted by Crippen LogP contribution is 2.37. The van der Waals surface area contributed by atoms with E-state index in [0.29, 0.717) is 4.75 Å². The van der Waals surface area contributed by atoms with Crippen LogP contribution >= 0.6 is 11.8 Å². The third kappa shape index (κ3) is 3.32. The number of thioether (sulfide) groups is 1. The zero-order valence-electron chi connectivity index (χ0n) is 12.3. The van der Waals surface area contributed by atoms with E-state index < -0.39 is 0 Å². The Morgan fingerprint density at radius 2 is 2.05 bits per heavy atom. The van der Waals surface area contributed by atoms with Crippen LogP contribution < -0.4 is 10.6 Å². The number of nitrogens with zero attached hydrogens (tertiary/aromatic N) is 2. The molecule has 0 bridgehead atoms. The maximum absolute atomic E-state index is 4.62. The van der Waals surface area contributed by atoms with E-state index in [-0.39, 0.29) is 0 Å². The molecule has 0 aromatic carbocycles. The molecule has 106 valence electrons. The van der Waals surface area contributed by atoms with Crippen molar-refractivity contribution in [3.63, 3.8) is 0 Å².